The number of ether oxygens (including phenoxy) is 1. The van der Waals surface area contributed by atoms with E-state index < -0.39 is 0 Å². The molecule has 0 bridgehead atoms. The zero-order valence-corrected chi connectivity index (χ0v) is 10.1. The van der Waals surface area contributed by atoms with Gasteiger partial charge in [0, 0.05) is 12.8 Å². The Hall–Kier alpha value is -0.630. The molecule has 2 aliphatic rings. The van der Waals surface area contributed by atoms with Crippen LogP contribution in [-0.2, 0) is 9.53 Å². The topological polar surface area (TPSA) is 26.3 Å². The summed E-state index contributed by atoms with van der Waals surface area (Å²) in [5.74, 6) is 0.328. The summed E-state index contributed by atoms with van der Waals surface area (Å²) < 4.78 is 5.99. The fourth-order valence-corrected chi connectivity index (χ4v) is 3.21. The van der Waals surface area contributed by atoms with E-state index in [0.29, 0.717) is 18.6 Å². The van der Waals surface area contributed by atoms with Gasteiger partial charge >= 0.3 is 0 Å². The van der Waals surface area contributed by atoms with Crippen LogP contribution in [0.4, 0.5) is 0 Å². The van der Waals surface area contributed by atoms with E-state index in [-0.39, 0.29) is 17.1 Å². The minimum atomic E-state index is -0.337. The first-order valence-corrected chi connectivity index (χ1v) is 5.74. The van der Waals surface area contributed by atoms with Gasteiger partial charge < -0.3 is 4.74 Å². The Bertz CT molecular complexity index is 327. The summed E-state index contributed by atoms with van der Waals surface area (Å²) in [5.41, 5.74) is 0.966. The number of hydrogen-bond donors (Lipinski definition) is 0. The summed E-state index contributed by atoms with van der Waals surface area (Å²) in [6.45, 7) is 8.43. The molecule has 0 saturated heterocycles. The molecular formula is C13H20O2. The first kappa shape index (κ1) is 10.9. The van der Waals surface area contributed by atoms with Crippen LogP contribution in [0.1, 0.15) is 47.0 Å². The van der Waals surface area contributed by atoms with Crippen LogP contribution < -0.4 is 0 Å². The number of fused-ring (bicyclic) bond motifs is 1. The van der Waals surface area contributed by atoms with Crippen molar-refractivity contribution in [3.8, 4) is 0 Å². The van der Waals surface area contributed by atoms with Crippen LogP contribution in [0, 0.1) is 5.41 Å². The second kappa shape index (κ2) is 3.18. The molecule has 15 heavy (non-hydrogen) atoms. The second-order valence-electron chi connectivity index (χ2n) is 5.79. The molecule has 1 saturated carbocycles. The van der Waals surface area contributed by atoms with Crippen molar-refractivity contribution in [3.05, 3.63) is 11.6 Å². The lowest BCUT2D eigenvalue weighted by Gasteiger charge is -2.48. The standard InChI is InChI=1S/C13H20O2/c1-9-5-6-11-12(2,3)7-10(14)8-13(11,4)15-9/h6,9H,5,7-8H2,1-4H3/t9-,13+/m0/s1. The number of hydrogen-bond acceptors (Lipinski definition) is 2. The molecule has 0 amide bonds. The average molecular weight is 208 g/mol. The molecule has 0 radical (unpaired) electrons. The minimum absolute atomic E-state index is 0.0236. The maximum Gasteiger partial charge on any atom is 0.136 e. The Morgan fingerprint density at radius 1 is 1.33 bits per heavy atom. The molecule has 1 fully saturated rings. The van der Waals surface area contributed by atoms with Gasteiger partial charge in [0.15, 0.2) is 0 Å². The van der Waals surface area contributed by atoms with Crippen LogP contribution in [0.25, 0.3) is 0 Å². The van der Waals surface area contributed by atoms with Crippen molar-refractivity contribution in [2.45, 2.75) is 58.7 Å². The summed E-state index contributed by atoms with van der Waals surface area (Å²) in [4.78, 5) is 11.7. The van der Waals surface area contributed by atoms with Crippen LogP contribution >= 0.6 is 0 Å². The van der Waals surface area contributed by atoms with Crippen LogP contribution in [0.15, 0.2) is 11.6 Å². The number of carbonyl (C=O) groups excluding carboxylic acids is 1. The third-order valence-corrected chi connectivity index (χ3v) is 3.59. The van der Waals surface area contributed by atoms with E-state index in [1.807, 2.05) is 0 Å². The molecule has 2 rings (SSSR count). The lowest BCUT2D eigenvalue weighted by molar-refractivity contribution is -0.137. The summed E-state index contributed by atoms with van der Waals surface area (Å²) in [5, 5.41) is 0. The second-order valence-corrected chi connectivity index (χ2v) is 5.79. The molecule has 2 nitrogen and oxygen atoms in total. The van der Waals surface area contributed by atoms with Crippen LogP contribution in [0.5, 0.6) is 0 Å². The van der Waals surface area contributed by atoms with Gasteiger partial charge in [-0.3, -0.25) is 4.79 Å². The molecule has 84 valence electrons. The van der Waals surface area contributed by atoms with Gasteiger partial charge in [-0.15, -0.1) is 0 Å². The van der Waals surface area contributed by atoms with E-state index in [1.54, 1.807) is 0 Å². The van der Waals surface area contributed by atoms with Gasteiger partial charge in [-0.1, -0.05) is 19.9 Å². The highest BCUT2D eigenvalue weighted by atomic mass is 16.5. The summed E-state index contributed by atoms with van der Waals surface area (Å²) >= 11 is 0. The highest BCUT2D eigenvalue weighted by Gasteiger charge is 2.47. The monoisotopic (exact) mass is 208 g/mol. The number of ketones is 1. The van der Waals surface area contributed by atoms with E-state index in [0.717, 1.165) is 6.42 Å². The van der Waals surface area contributed by atoms with Crippen LogP contribution in [0.2, 0.25) is 0 Å². The van der Waals surface area contributed by atoms with Gasteiger partial charge in [0.25, 0.3) is 0 Å². The van der Waals surface area contributed by atoms with Gasteiger partial charge in [0.05, 0.1) is 11.7 Å². The zero-order chi connectivity index (χ0) is 11.3. The van der Waals surface area contributed by atoms with Gasteiger partial charge in [-0.25, -0.2) is 0 Å². The summed E-state index contributed by atoms with van der Waals surface area (Å²) in [6.07, 6.45) is 4.71. The lowest BCUT2D eigenvalue weighted by atomic mass is 9.64. The molecule has 2 heteroatoms. The van der Waals surface area contributed by atoms with Gasteiger partial charge in [0.1, 0.15) is 5.78 Å². The van der Waals surface area contributed by atoms with Crippen molar-refractivity contribution in [1.29, 1.82) is 0 Å². The normalized spacial score (nSPS) is 39.6. The molecule has 1 heterocycles. The number of Topliss-reactive ketones (excluding diaryl/α,β-unsaturated/α-hetero) is 1. The molecule has 1 aliphatic carbocycles. The highest BCUT2D eigenvalue weighted by molar-refractivity contribution is 5.83. The van der Waals surface area contributed by atoms with Gasteiger partial charge in [-0.2, -0.15) is 0 Å². The van der Waals surface area contributed by atoms with E-state index in [2.05, 4.69) is 33.8 Å². The highest BCUT2D eigenvalue weighted by Crippen LogP contribution is 2.48. The Labute approximate surface area is 91.7 Å². The fourth-order valence-electron chi connectivity index (χ4n) is 3.21. The van der Waals surface area contributed by atoms with Crippen LogP contribution in [-0.4, -0.2) is 17.5 Å². The van der Waals surface area contributed by atoms with E-state index >= 15 is 0 Å². The molecule has 0 unspecified atom stereocenters. The van der Waals surface area contributed by atoms with E-state index in [4.69, 9.17) is 4.74 Å². The molecule has 0 N–H and O–H groups in total. The largest absolute Gasteiger partial charge is 0.367 e. The minimum Gasteiger partial charge on any atom is -0.367 e. The molecule has 0 spiro atoms. The molecule has 0 aromatic carbocycles. The maximum atomic E-state index is 11.7. The molecule has 2 atom stereocenters. The Balaban J connectivity index is 2.41. The van der Waals surface area contributed by atoms with Crippen molar-refractivity contribution in [3.63, 3.8) is 0 Å². The zero-order valence-electron chi connectivity index (χ0n) is 10.1. The first-order valence-electron chi connectivity index (χ1n) is 5.74. The third-order valence-electron chi connectivity index (χ3n) is 3.59. The Kier molecular flexibility index (Phi) is 2.30. The SMILES string of the molecule is C[C@H]1CC=C2C(C)(C)CC(=O)C[C@@]2(C)O1. The van der Waals surface area contributed by atoms with Crippen molar-refractivity contribution >= 4 is 5.78 Å². The van der Waals surface area contributed by atoms with Crippen molar-refractivity contribution in [2.75, 3.05) is 0 Å². The van der Waals surface area contributed by atoms with Crippen molar-refractivity contribution in [1.82, 2.24) is 0 Å². The van der Waals surface area contributed by atoms with Gasteiger partial charge in [0.2, 0.25) is 0 Å². The maximum absolute atomic E-state index is 11.7. The predicted octanol–water partition coefficient (Wildman–Crippen LogP) is 2.87. The predicted molar refractivity (Wildman–Crippen MR) is 59.7 cm³/mol. The smallest absolute Gasteiger partial charge is 0.136 e. The first-order chi connectivity index (χ1) is 6.83. The number of carbonyl (C=O) groups is 1. The van der Waals surface area contributed by atoms with E-state index in [1.165, 1.54) is 5.57 Å². The van der Waals surface area contributed by atoms with Crippen molar-refractivity contribution < 1.29 is 9.53 Å². The molecular weight excluding hydrogens is 188 g/mol. The number of rotatable bonds is 0. The van der Waals surface area contributed by atoms with Crippen molar-refractivity contribution in [2.24, 2.45) is 5.41 Å². The Morgan fingerprint density at radius 2 is 2.00 bits per heavy atom. The van der Waals surface area contributed by atoms with Gasteiger partial charge in [-0.05, 0) is 31.3 Å². The summed E-state index contributed by atoms with van der Waals surface area (Å²) in [6, 6.07) is 0. The van der Waals surface area contributed by atoms with E-state index in [9.17, 15) is 4.79 Å². The molecule has 1 aliphatic heterocycles. The lowest BCUT2D eigenvalue weighted by Crippen LogP contribution is -2.49. The Morgan fingerprint density at radius 3 is 2.67 bits per heavy atom. The average Bonchev–Trinajstić information content (AvgIpc) is 1.97. The fraction of sp³-hybridized carbons (Fsp3) is 0.769. The third kappa shape index (κ3) is 1.76. The quantitative estimate of drug-likeness (QED) is 0.572. The van der Waals surface area contributed by atoms with Crippen LogP contribution in [0.3, 0.4) is 0 Å². The summed E-state index contributed by atoms with van der Waals surface area (Å²) in [7, 11) is 0. The molecule has 0 aromatic heterocycles. The molecule has 0 aromatic rings.